The van der Waals surface area contributed by atoms with Gasteiger partial charge in [0.1, 0.15) is 17.9 Å². The van der Waals surface area contributed by atoms with E-state index in [-0.39, 0.29) is 5.71 Å². The number of nitrogens with zero attached hydrogens (tertiary/aromatic N) is 3. The number of hydrogen-bond acceptors (Lipinski definition) is 5. The van der Waals surface area contributed by atoms with Crippen LogP contribution < -0.4 is 10.2 Å². The summed E-state index contributed by atoms with van der Waals surface area (Å²) in [7, 11) is 0. The number of aryl methyl sites for hydroxylation is 1. The van der Waals surface area contributed by atoms with Crippen LogP contribution in [0.4, 0.5) is 5.69 Å². The average molecular weight is 304 g/mol. The summed E-state index contributed by atoms with van der Waals surface area (Å²) in [6.45, 7) is 0.570. The number of nitrogens with one attached hydrogen (secondary N) is 1. The molecule has 2 aromatic rings. The summed E-state index contributed by atoms with van der Waals surface area (Å²) in [4.78, 5) is 0. The molecule has 1 N–H and O–H groups in total. The highest BCUT2D eigenvalue weighted by Gasteiger charge is 2.03. The molecule has 0 radical (unpaired) electrons. The van der Waals surface area contributed by atoms with Crippen LogP contribution in [-0.2, 0) is 6.42 Å². The molecule has 2 rings (SSSR count). The van der Waals surface area contributed by atoms with Gasteiger partial charge in [0.15, 0.2) is 0 Å². The van der Waals surface area contributed by atoms with E-state index in [9.17, 15) is 0 Å². The van der Waals surface area contributed by atoms with E-state index in [1.54, 1.807) is 18.2 Å². The van der Waals surface area contributed by atoms with Crippen molar-refractivity contribution in [2.24, 2.45) is 5.10 Å². The molecule has 0 atom stereocenters. The molecule has 0 unspecified atom stereocenters. The molecule has 5 heteroatoms. The van der Waals surface area contributed by atoms with Gasteiger partial charge in [-0.25, -0.2) is 0 Å². The van der Waals surface area contributed by atoms with Crippen molar-refractivity contribution in [3.63, 3.8) is 0 Å². The van der Waals surface area contributed by atoms with E-state index >= 15 is 0 Å². The van der Waals surface area contributed by atoms with Crippen LogP contribution in [0, 0.1) is 22.7 Å². The number of hydrazone groups is 1. The van der Waals surface area contributed by atoms with Crippen molar-refractivity contribution in [2.45, 2.75) is 12.8 Å². The first-order valence-corrected chi connectivity index (χ1v) is 7.23. The van der Waals surface area contributed by atoms with Gasteiger partial charge in [-0.1, -0.05) is 42.5 Å². The molecule has 0 bridgehead atoms. The zero-order valence-electron chi connectivity index (χ0n) is 12.6. The molecule has 0 spiro atoms. The Morgan fingerprint density at radius 2 is 1.70 bits per heavy atom. The largest absolute Gasteiger partial charge is 0.491 e. The summed E-state index contributed by atoms with van der Waals surface area (Å²) < 4.78 is 5.76. The summed E-state index contributed by atoms with van der Waals surface area (Å²) in [5, 5.41) is 21.1. The molecule has 0 fully saturated rings. The van der Waals surface area contributed by atoms with Gasteiger partial charge in [-0.15, -0.1) is 0 Å². The topological polar surface area (TPSA) is 81.2 Å². The van der Waals surface area contributed by atoms with Crippen molar-refractivity contribution >= 4 is 11.4 Å². The van der Waals surface area contributed by atoms with Gasteiger partial charge in [0.25, 0.3) is 0 Å². The summed E-state index contributed by atoms with van der Waals surface area (Å²) >= 11 is 0. The summed E-state index contributed by atoms with van der Waals surface area (Å²) in [6, 6.07) is 20.9. The lowest BCUT2D eigenvalue weighted by Gasteiger charge is -2.10. The zero-order chi connectivity index (χ0) is 16.3. The highest BCUT2D eigenvalue weighted by molar-refractivity contribution is 6.10. The molecule has 0 heterocycles. The van der Waals surface area contributed by atoms with E-state index in [1.165, 1.54) is 5.56 Å². The van der Waals surface area contributed by atoms with Crippen molar-refractivity contribution < 1.29 is 4.74 Å². The SMILES string of the molecule is N#CC(C#N)=NNc1ccccc1OCCCc1ccccc1. The minimum atomic E-state index is -0.233. The number of anilines is 1. The second-order valence-electron chi connectivity index (χ2n) is 4.73. The minimum absolute atomic E-state index is 0.233. The van der Waals surface area contributed by atoms with Crippen LogP contribution in [0.5, 0.6) is 5.75 Å². The Hall–Kier alpha value is -3.31. The van der Waals surface area contributed by atoms with E-state index in [2.05, 4.69) is 22.7 Å². The van der Waals surface area contributed by atoms with Gasteiger partial charge in [0.2, 0.25) is 5.71 Å². The number of benzene rings is 2. The van der Waals surface area contributed by atoms with Gasteiger partial charge in [0, 0.05) is 0 Å². The third-order valence-corrected chi connectivity index (χ3v) is 3.10. The Bertz CT molecular complexity index is 726. The summed E-state index contributed by atoms with van der Waals surface area (Å²) in [5.41, 5.74) is 4.36. The first-order valence-electron chi connectivity index (χ1n) is 7.23. The van der Waals surface area contributed by atoms with E-state index < -0.39 is 0 Å². The van der Waals surface area contributed by atoms with Crippen molar-refractivity contribution in [3.05, 3.63) is 60.2 Å². The average Bonchev–Trinajstić information content (AvgIpc) is 2.61. The van der Waals surface area contributed by atoms with Crippen molar-refractivity contribution in [3.8, 4) is 17.9 Å². The number of ether oxygens (including phenoxy) is 1. The lowest BCUT2D eigenvalue weighted by molar-refractivity contribution is 0.312. The molecule has 2 aromatic carbocycles. The van der Waals surface area contributed by atoms with E-state index in [0.29, 0.717) is 18.0 Å². The molecule has 0 saturated carbocycles. The lowest BCUT2D eigenvalue weighted by Crippen LogP contribution is -2.03. The molecular weight excluding hydrogens is 288 g/mol. The maximum Gasteiger partial charge on any atom is 0.237 e. The Labute approximate surface area is 135 Å². The zero-order valence-corrected chi connectivity index (χ0v) is 12.6. The van der Waals surface area contributed by atoms with Crippen molar-refractivity contribution in [1.82, 2.24) is 0 Å². The molecule has 0 saturated heterocycles. The second-order valence-corrected chi connectivity index (χ2v) is 4.73. The predicted octanol–water partition coefficient (Wildman–Crippen LogP) is 3.51. The molecule has 114 valence electrons. The van der Waals surface area contributed by atoms with Crippen LogP contribution in [0.3, 0.4) is 0 Å². The predicted molar refractivity (Wildman–Crippen MR) is 89.0 cm³/mol. The van der Waals surface area contributed by atoms with Crippen LogP contribution in [0.15, 0.2) is 59.7 Å². The number of para-hydroxylation sites is 2. The fraction of sp³-hybridized carbons (Fsp3) is 0.167. The standard InChI is InChI=1S/C18H16N4O/c19-13-16(14-20)21-22-17-10-4-5-11-18(17)23-12-6-9-15-7-2-1-3-8-15/h1-5,7-8,10-11,22H,6,9,12H2. The maximum absolute atomic E-state index is 8.68. The molecule has 0 aliphatic rings. The smallest absolute Gasteiger partial charge is 0.237 e. The highest BCUT2D eigenvalue weighted by Crippen LogP contribution is 2.24. The minimum Gasteiger partial charge on any atom is -0.491 e. The molecule has 0 aliphatic carbocycles. The van der Waals surface area contributed by atoms with E-state index in [1.807, 2.05) is 36.4 Å². The van der Waals surface area contributed by atoms with Gasteiger partial charge < -0.3 is 4.74 Å². The Morgan fingerprint density at radius 1 is 1.00 bits per heavy atom. The summed E-state index contributed by atoms with van der Waals surface area (Å²) in [5.74, 6) is 0.638. The number of hydrogen-bond donors (Lipinski definition) is 1. The number of nitriles is 2. The van der Waals surface area contributed by atoms with Gasteiger partial charge in [-0.05, 0) is 30.5 Å². The Balaban J connectivity index is 1.89. The van der Waals surface area contributed by atoms with Gasteiger partial charge in [-0.2, -0.15) is 15.6 Å². The van der Waals surface area contributed by atoms with Crippen LogP contribution in [0.1, 0.15) is 12.0 Å². The van der Waals surface area contributed by atoms with Crippen LogP contribution in [-0.4, -0.2) is 12.3 Å². The number of rotatable bonds is 7. The first-order chi connectivity index (χ1) is 11.3. The van der Waals surface area contributed by atoms with Gasteiger partial charge in [0.05, 0.1) is 12.3 Å². The lowest BCUT2D eigenvalue weighted by atomic mass is 10.1. The van der Waals surface area contributed by atoms with Crippen LogP contribution >= 0.6 is 0 Å². The Kier molecular flexibility index (Phi) is 6.19. The molecule has 5 nitrogen and oxygen atoms in total. The molecular formula is C18H16N4O. The molecule has 0 aromatic heterocycles. The fourth-order valence-electron chi connectivity index (χ4n) is 1.98. The summed E-state index contributed by atoms with van der Waals surface area (Å²) in [6.07, 6.45) is 1.84. The van der Waals surface area contributed by atoms with Gasteiger partial charge >= 0.3 is 0 Å². The van der Waals surface area contributed by atoms with Crippen molar-refractivity contribution in [2.75, 3.05) is 12.0 Å². The third-order valence-electron chi connectivity index (χ3n) is 3.10. The van der Waals surface area contributed by atoms with E-state index in [0.717, 1.165) is 12.8 Å². The van der Waals surface area contributed by atoms with Crippen LogP contribution in [0.25, 0.3) is 0 Å². The van der Waals surface area contributed by atoms with E-state index in [4.69, 9.17) is 15.3 Å². The monoisotopic (exact) mass is 304 g/mol. The maximum atomic E-state index is 8.68. The quantitative estimate of drug-likeness (QED) is 0.482. The van der Waals surface area contributed by atoms with Gasteiger partial charge in [-0.3, -0.25) is 5.43 Å². The van der Waals surface area contributed by atoms with Crippen molar-refractivity contribution in [1.29, 1.82) is 10.5 Å². The van der Waals surface area contributed by atoms with Crippen LogP contribution in [0.2, 0.25) is 0 Å². The molecule has 0 aliphatic heterocycles. The molecule has 23 heavy (non-hydrogen) atoms. The highest BCUT2D eigenvalue weighted by atomic mass is 16.5. The molecule has 0 amide bonds. The normalized spacial score (nSPS) is 9.30. The third kappa shape index (κ3) is 5.18. The second kappa shape index (κ2) is 8.86. The fourth-order valence-corrected chi connectivity index (χ4v) is 1.98. The Morgan fingerprint density at radius 3 is 2.43 bits per heavy atom. The first kappa shape index (κ1) is 16.1.